The van der Waals surface area contributed by atoms with E-state index in [4.69, 9.17) is 10.2 Å². The highest BCUT2D eigenvalue weighted by Crippen LogP contribution is 2.23. The molecule has 1 unspecified atom stereocenters. The number of nitrogens with two attached hydrogens (primary N) is 1. The van der Waals surface area contributed by atoms with Gasteiger partial charge in [0.05, 0.1) is 12.3 Å². The zero-order valence-corrected chi connectivity index (χ0v) is 11.3. The van der Waals surface area contributed by atoms with Crippen LogP contribution in [0.4, 0.5) is 0 Å². The summed E-state index contributed by atoms with van der Waals surface area (Å²) in [6.45, 7) is 2.03. The zero-order chi connectivity index (χ0) is 13.4. The molecule has 2 heterocycles. The topological polar surface area (TPSA) is 44.1 Å². The number of aryl methyl sites for hydroxylation is 2. The molecular weight excluding hydrogens is 236 g/mol. The van der Waals surface area contributed by atoms with Crippen molar-refractivity contribution in [2.75, 3.05) is 0 Å². The van der Waals surface area contributed by atoms with Crippen molar-refractivity contribution in [2.45, 2.75) is 19.4 Å². The average molecular weight is 254 g/mol. The number of benzene rings is 1. The number of fused-ring (bicyclic) bond motifs is 1. The molecule has 3 nitrogen and oxygen atoms in total. The molecule has 0 aliphatic heterocycles. The Balaban J connectivity index is 1.87. The van der Waals surface area contributed by atoms with Crippen molar-refractivity contribution >= 4 is 10.9 Å². The summed E-state index contributed by atoms with van der Waals surface area (Å²) in [5, 5.41) is 1.25. The minimum Gasteiger partial charge on any atom is -0.467 e. The standard InChI is InChI=1S/C16H18N2O/c1-11-6-8-19-16(11)14(17)10-12-3-4-15-13(9-12)5-7-18(15)2/h3-9,14H,10,17H2,1-2H3. The SMILES string of the molecule is Cc1ccoc1C(N)Cc1ccc2c(ccn2C)c1. The van der Waals surface area contributed by atoms with Gasteiger partial charge in [0, 0.05) is 18.8 Å². The molecule has 0 saturated heterocycles. The van der Waals surface area contributed by atoms with Gasteiger partial charge in [0.2, 0.25) is 0 Å². The summed E-state index contributed by atoms with van der Waals surface area (Å²) in [4.78, 5) is 0. The van der Waals surface area contributed by atoms with Gasteiger partial charge in [0.25, 0.3) is 0 Å². The van der Waals surface area contributed by atoms with E-state index in [9.17, 15) is 0 Å². The summed E-state index contributed by atoms with van der Waals surface area (Å²) < 4.78 is 7.58. The second-order valence-electron chi connectivity index (χ2n) is 5.10. The van der Waals surface area contributed by atoms with Crippen molar-refractivity contribution in [3.05, 3.63) is 59.7 Å². The fourth-order valence-corrected chi connectivity index (χ4v) is 2.57. The number of hydrogen-bond donors (Lipinski definition) is 1. The van der Waals surface area contributed by atoms with Crippen LogP contribution in [0.3, 0.4) is 0 Å². The van der Waals surface area contributed by atoms with Crippen LogP contribution >= 0.6 is 0 Å². The first-order valence-corrected chi connectivity index (χ1v) is 6.48. The van der Waals surface area contributed by atoms with Crippen LogP contribution < -0.4 is 5.73 Å². The number of nitrogens with zero attached hydrogens (tertiary/aromatic N) is 1. The van der Waals surface area contributed by atoms with E-state index in [-0.39, 0.29) is 6.04 Å². The summed E-state index contributed by atoms with van der Waals surface area (Å²) in [6, 6.07) is 10.5. The van der Waals surface area contributed by atoms with Gasteiger partial charge in [-0.1, -0.05) is 6.07 Å². The van der Waals surface area contributed by atoms with Crippen LogP contribution in [0.5, 0.6) is 0 Å². The molecule has 3 heteroatoms. The summed E-state index contributed by atoms with van der Waals surface area (Å²) in [5.41, 5.74) is 9.82. The molecule has 1 atom stereocenters. The fourth-order valence-electron chi connectivity index (χ4n) is 2.57. The first-order chi connectivity index (χ1) is 9.15. The van der Waals surface area contributed by atoms with Gasteiger partial charge in [-0.3, -0.25) is 0 Å². The minimum absolute atomic E-state index is 0.0869. The van der Waals surface area contributed by atoms with Crippen molar-refractivity contribution in [3.63, 3.8) is 0 Å². The second-order valence-corrected chi connectivity index (χ2v) is 5.10. The lowest BCUT2D eigenvalue weighted by atomic mass is 10.0. The average Bonchev–Trinajstić information content (AvgIpc) is 2.96. The van der Waals surface area contributed by atoms with Crippen molar-refractivity contribution in [1.82, 2.24) is 4.57 Å². The van der Waals surface area contributed by atoms with Crippen LogP contribution in [-0.2, 0) is 13.5 Å². The van der Waals surface area contributed by atoms with Gasteiger partial charge in [-0.15, -0.1) is 0 Å². The molecule has 98 valence electrons. The summed E-state index contributed by atoms with van der Waals surface area (Å²) in [7, 11) is 2.06. The third-order valence-electron chi connectivity index (χ3n) is 3.64. The molecule has 0 spiro atoms. The minimum atomic E-state index is -0.0869. The highest BCUT2D eigenvalue weighted by atomic mass is 16.3. The Kier molecular flexibility index (Phi) is 2.91. The Morgan fingerprint density at radius 1 is 1.26 bits per heavy atom. The monoisotopic (exact) mass is 254 g/mol. The summed E-state index contributed by atoms with van der Waals surface area (Å²) in [6.07, 6.45) is 4.56. The van der Waals surface area contributed by atoms with E-state index in [0.29, 0.717) is 0 Å². The number of furan rings is 1. The Hall–Kier alpha value is -2.00. The molecule has 1 aromatic carbocycles. The fraction of sp³-hybridized carbons (Fsp3) is 0.250. The van der Waals surface area contributed by atoms with Gasteiger partial charge < -0.3 is 14.7 Å². The third kappa shape index (κ3) is 2.17. The summed E-state index contributed by atoms with van der Waals surface area (Å²) in [5.74, 6) is 0.883. The van der Waals surface area contributed by atoms with Crippen molar-refractivity contribution in [1.29, 1.82) is 0 Å². The molecule has 3 rings (SSSR count). The predicted octanol–water partition coefficient (Wildman–Crippen LogP) is 3.32. The number of rotatable bonds is 3. The lowest BCUT2D eigenvalue weighted by molar-refractivity contribution is 0.461. The highest BCUT2D eigenvalue weighted by molar-refractivity contribution is 5.80. The van der Waals surface area contributed by atoms with Crippen LogP contribution in [0.1, 0.15) is 22.9 Å². The first kappa shape index (κ1) is 12.1. The molecule has 2 N–H and O–H groups in total. The first-order valence-electron chi connectivity index (χ1n) is 6.48. The Bertz CT molecular complexity index is 708. The zero-order valence-electron chi connectivity index (χ0n) is 11.3. The van der Waals surface area contributed by atoms with E-state index in [2.05, 4.69) is 42.1 Å². The molecule has 0 aliphatic carbocycles. The van der Waals surface area contributed by atoms with Gasteiger partial charge in [-0.05, 0) is 54.1 Å². The van der Waals surface area contributed by atoms with Crippen molar-refractivity contribution in [3.8, 4) is 0 Å². The van der Waals surface area contributed by atoms with Crippen molar-refractivity contribution < 1.29 is 4.42 Å². The molecule has 2 aromatic heterocycles. The quantitative estimate of drug-likeness (QED) is 0.779. The van der Waals surface area contributed by atoms with Crippen LogP contribution in [0.25, 0.3) is 10.9 Å². The molecule has 0 saturated carbocycles. The number of aromatic nitrogens is 1. The molecular formula is C16H18N2O. The molecule has 3 aromatic rings. The largest absolute Gasteiger partial charge is 0.467 e. The Morgan fingerprint density at radius 2 is 2.11 bits per heavy atom. The normalized spacial score (nSPS) is 13.0. The molecule has 0 aliphatic rings. The van der Waals surface area contributed by atoms with Gasteiger partial charge in [0.1, 0.15) is 5.76 Å². The highest BCUT2D eigenvalue weighted by Gasteiger charge is 2.13. The lowest BCUT2D eigenvalue weighted by Crippen LogP contribution is -2.13. The van der Waals surface area contributed by atoms with Gasteiger partial charge >= 0.3 is 0 Å². The van der Waals surface area contributed by atoms with E-state index in [1.54, 1.807) is 6.26 Å². The van der Waals surface area contributed by atoms with Crippen LogP contribution in [-0.4, -0.2) is 4.57 Å². The second kappa shape index (κ2) is 4.59. The molecule has 19 heavy (non-hydrogen) atoms. The maximum absolute atomic E-state index is 6.22. The van der Waals surface area contributed by atoms with Crippen LogP contribution in [0.15, 0.2) is 47.2 Å². The third-order valence-corrected chi connectivity index (χ3v) is 3.64. The Morgan fingerprint density at radius 3 is 2.84 bits per heavy atom. The van der Waals surface area contributed by atoms with E-state index in [1.807, 2.05) is 13.0 Å². The maximum Gasteiger partial charge on any atom is 0.123 e. The Labute approximate surface area is 112 Å². The maximum atomic E-state index is 6.22. The van der Waals surface area contributed by atoms with E-state index in [0.717, 1.165) is 17.7 Å². The van der Waals surface area contributed by atoms with Crippen LogP contribution in [0, 0.1) is 6.92 Å². The van der Waals surface area contributed by atoms with Gasteiger partial charge in [0.15, 0.2) is 0 Å². The molecule has 0 radical (unpaired) electrons. The van der Waals surface area contributed by atoms with Gasteiger partial charge in [-0.25, -0.2) is 0 Å². The molecule has 0 bridgehead atoms. The lowest BCUT2D eigenvalue weighted by Gasteiger charge is -2.10. The van der Waals surface area contributed by atoms with Crippen LogP contribution in [0.2, 0.25) is 0 Å². The predicted molar refractivity (Wildman–Crippen MR) is 77.0 cm³/mol. The van der Waals surface area contributed by atoms with Gasteiger partial charge in [-0.2, -0.15) is 0 Å². The van der Waals surface area contributed by atoms with E-state index < -0.39 is 0 Å². The number of hydrogen-bond acceptors (Lipinski definition) is 2. The summed E-state index contributed by atoms with van der Waals surface area (Å²) >= 11 is 0. The molecule has 0 fully saturated rings. The smallest absolute Gasteiger partial charge is 0.123 e. The van der Waals surface area contributed by atoms with E-state index in [1.165, 1.54) is 16.5 Å². The van der Waals surface area contributed by atoms with Crippen molar-refractivity contribution in [2.24, 2.45) is 12.8 Å². The van der Waals surface area contributed by atoms with E-state index >= 15 is 0 Å². The molecule has 0 amide bonds.